The molecule has 2 aromatic rings. The van der Waals surface area contributed by atoms with E-state index in [1.54, 1.807) is 12.1 Å². The Morgan fingerprint density at radius 1 is 1.35 bits per heavy atom. The summed E-state index contributed by atoms with van der Waals surface area (Å²) in [6.07, 6.45) is 4.01. The minimum Gasteiger partial charge on any atom is -0.384 e. The molecule has 0 amide bonds. The van der Waals surface area contributed by atoms with Gasteiger partial charge in [0.15, 0.2) is 11.6 Å². The van der Waals surface area contributed by atoms with E-state index in [0.29, 0.717) is 11.4 Å². The zero-order chi connectivity index (χ0) is 12.3. The van der Waals surface area contributed by atoms with Crippen molar-refractivity contribution in [3.05, 3.63) is 53.7 Å². The summed E-state index contributed by atoms with van der Waals surface area (Å²) in [6.45, 7) is 0. The molecule has 0 bridgehead atoms. The Hall–Kier alpha value is -2.30. The summed E-state index contributed by atoms with van der Waals surface area (Å²) < 4.78 is 13.3. The Balaban J connectivity index is 2.20. The molecule has 0 fully saturated rings. The second-order valence-electron chi connectivity index (χ2n) is 3.54. The van der Waals surface area contributed by atoms with Gasteiger partial charge in [0.1, 0.15) is 5.82 Å². The summed E-state index contributed by atoms with van der Waals surface area (Å²) in [7, 11) is 0. The molecule has 0 saturated carbocycles. The van der Waals surface area contributed by atoms with E-state index in [9.17, 15) is 9.18 Å². The summed E-state index contributed by atoms with van der Waals surface area (Å²) in [6, 6.07) is 4.63. The molecular weight excluding hydrogens is 221 g/mol. The summed E-state index contributed by atoms with van der Waals surface area (Å²) in [4.78, 5) is 19.2. The molecule has 0 spiro atoms. The molecule has 5 heteroatoms. The van der Waals surface area contributed by atoms with Crippen LogP contribution in [0.15, 0.2) is 36.8 Å². The van der Waals surface area contributed by atoms with Crippen molar-refractivity contribution >= 4 is 11.6 Å². The quantitative estimate of drug-likeness (QED) is 0.815. The molecule has 0 atom stereocenters. The predicted octanol–water partition coefficient (Wildman–Crippen LogP) is 1.62. The Morgan fingerprint density at radius 2 is 2.18 bits per heavy atom. The van der Waals surface area contributed by atoms with E-state index in [1.165, 1.54) is 18.5 Å². The van der Waals surface area contributed by atoms with Gasteiger partial charge in [0.2, 0.25) is 0 Å². The molecule has 2 aromatic heterocycles. The smallest absolute Gasteiger partial charge is 0.170 e. The van der Waals surface area contributed by atoms with Gasteiger partial charge in [-0.25, -0.2) is 9.37 Å². The number of Topliss-reactive ketones (excluding diaryl/α,β-unsaturated/α-hetero) is 1. The number of halogens is 1. The summed E-state index contributed by atoms with van der Waals surface area (Å²) in [5.41, 5.74) is 6.24. The second-order valence-corrected chi connectivity index (χ2v) is 3.54. The van der Waals surface area contributed by atoms with E-state index in [2.05, 4.69) is 9.97 Å². The van der Waals surface area contributed by atoms with E-state index in [-0.39, 0.29) is 17.8 Å². The lowest BCUT2D eigenvalue weighted by Crippen LogP contribution is -2.07. The van der Waals surface area contributed by atoms with Crippen molar-refractivity contribution in [3.63, 3.8) is 0 Å². The van der Waals surface area contributed by atoms with Gasteiger partial charge in [-0.15, -0.1) is 0 Å². The molecule has 17 heavy (non-hydrogen) atoms. The zero-order valence-corrected chi connectivity index (χ0v) is 8.93. The summed E-state index contributed by atoms with van der Waals surface area (Å²) >= 11 is 0. The lowest BCUT2D eigenvalue weighted by molar-refractivity contribution is 0.0989. The average Bonchev–Trinajstić information content (AvgIpc) is 2.29. The van der Waals surface area contributed by atoms with Gasteiger partial charge < -0.3 is 5.73 Å². The minimum absolute atomic E-state index is 0.0374. The summed E-state index contributed by atoms with van der Waals surface area (Å²) in [5, 5.41) is 0. The Kier molecular flexibility index (Phi) is 3.09. The molecule has 0 radical (unpaired) electrons. The maximum atomic E-state index is 13.3. The van der Waals surface area contributed by atoms with Crippen LogP contribution in [0.5, 0.6) is 0 Å². The van der Waals surface area contributed by atoms with Crippen LogP contribution in [0, 0.1) is 5.82 Å². The number of nitrogens with zero attached hydrogens (tertiary/aromatic N) is 2. The van der Waals surface area contributed by atoms with Gasteiger partial charge in [0.25, 0.3) is 0 Å². The Bertz CT molecular complexity index is 557. The monoisotopic (exact) mass is 231 g/mol. The van der Waals surface area contributed by atoms with Gasteiger partial charge >= 0.3 is 0 Å². The molecule has 2 rings (SSSR count). The fraction of sp³-hybridized carbons (Fsp3) is 0.0833. The van der Waals surface area contributed by atoms with E-state index in [1.807, 2.05) is 0 Å². The van der Waals surface area contributed by atoms with Crippen LogP contribution in [0.25, 0.3) is 0 Å². The van der Waals surface area contributed by atoms with Gasteiger partial charge in [-0.3, -0.25) is 9.78 Å². The Labute approximate surface area is 97.3 Å². The molecule has 0 saturated heterocycles. The van der Waals surface area contributed by atoms with Crippen LogP contribution in [-0.4, -0.2) is 15.8 Å². The van der Waals surface area contributed by atoms with Crippen molar-refractivity contribution in [1.82, 2.24) is 9.97 Å². The van der Waals surface area contributed by atoms with E-state index >= 15 is 0 Å². The molecule has 4 nitrogen and oxygen atoms in total. The molecule has 0 aliphatic rings. The van der Waals surface area contributed by atoms with Crippen molar-refractivity contribution in [2.24, 2.45) is 0 Å². The SMILES string of the molecule is Nc1cc(CC(=O)c2ccncc2F)ccn1. The van der Waals surface area contributed by atoms with Crippen LogP contribution >= 0.6 is 0 Å². The first-order valence-corrected chi connectivity index (χ1v) is 5.00. The number of pyridine rings is 2. The number of nitrogen functional groups attached to an aromatic ring is 1. The van der Waals surface area contributed by atoms with Crippen molar-refractivity contribution in [1.29, 1.82) is 0 Å². The van der Waals surface area contributed by atoms with Gasteiger partial charge in [0.05, 0.1) is 11.8 Å². The number of nitrogens with two attached hydrogens (primary N) is 1. The fourth-order valence-corrected chi connectivity index (χ4v) is 1.49. The molecule has 0 unspecified atom stereocenters. The van der Waals surface area contributed by atoms with Crippen LogP contribution in [0.1, 0.15) is 15.9 Å². The van der Waals surface area contributed by atoms with Gasteiger partial charge in [-0.2, -0.15) is 0 Å². The topological polar surface area (TPSA) is 68.9 Å². The highest BCUT2D eigenvalue weighted by Gasteiger charge is 2.12. The number of carbonyl (C=O) groups excluding carboxylic acids is 1. The van der Waals surface area contributed by atoms with E-state index < -0.39 is 5.82 Å². The molecule has 2 N–H and O–H groups in total. The lowest BCUT2D eigenvalue weighted by Gasteiger charge is -2.02. The van der Waals surface area contributed by atoms with Gasteiger partial charge in [-0.1, -0.05) is 0 Å². The van der Waals surface area contributed by atoms with Crippen molar-refractivity contribution in [3.8, 4) is 0 Å². The number of hydrogen-bond donors (Lipinski definition) is 1. The van der Waals surface area contributed by atoms with Crippen LogP contribution in [0.3, 0.4) is 0 Å². The van der Waals surface area contributed by atoms with Gasteiger partial charge in [0, 0.05) is 18.8 Å². The fourth-order valence-electron chi connectivity index (χ4n) is 1.49. The van der Waals surface area contributed by atoms with Crippen LogP contribution in [0.4, 0.5) is 10.2 Å². The first-order valence-electron chi connectivity index (χ1n) is 5.00. The third-order valence-electron chi connectivity index (χ3n) is 2.28. The molecule has 2 heterocycles. The highest BCUT2D eigenvalue weighted by atomic mass is 19.1. The predicted molar refractivity (Wildman–Crippen MR) is 60.9 cm³/mol. The van der Waals surface area contributed by atoms with Crippen LogP contribution in [-0.2, 0) is 6.42 Å². The third kappa shape index (κ3) is 2.63. The molecular formula is C12H10FN3O. The Morgan fingerprint density at radius 3 is 2.88 bits per heavy atom. The summed E-state index contributed by atoms with van der Waals surface area (Å²) in [5.74, 6) is -0.583. The molecule has 0 aliphatic heterocycles. The van der Waals surface area contributed by atoms with Gasteiger partial charge in [-0.05, 0) is 23.8 Å². The first-order chi connectivity index (χ1) is 8.16. The van der Waals surface area contributed by atoms with Crippen molar-refractivity contribution in [2.75, 3.05) is 5.73 Å². The minimum atomic E-state index is -0.612. The standard InChI is InChI=1S/C12H10FN3O/c13-10-7-15-3-2-9(10)11(17)5-8-1-4-16-12(14)6-8/h1-4,6-7H,5H2,(H2,14,16). The number of carbonyl (C=O) groups is 1. The maximum absolute atomic E-state index is 13.3. The highest BCUT2D eigenvalue weighted by Crippen LogP contribution is 2.11. The number of rotatable bonds is 3. The zero-order valence-electron chi connectivity index (χ0n) is 8.93. The molecule has 86 valence electrons. The van der Waals surface area contributed by atoms with E-state index in [0.717, 1.165) is 6.20 Å². The number of aromatic nitrogens is 2. The normalized spacial score (nSPS) is 10.2. The molecule has 0 aliphatic carbocycles. The van der Waals surface area contributed by atoms with Crippen LogP contribution in [0.2, 0.25) is 0 Å². The lowest BCUT2D eigenvalue weighted by atomic mass is 10.0. The number of hydrogen-bond acceptors (Lipinski definition) is 4. The number of ketones is 1. The highest BCUT2D eigenvalue weighted by molar-refractivity contribution is 5.97. The average molecular weight is 231 g/mol. The molecule has 0 aromatic carbocycles. The van der Waals surface area contributed by atoms with Crippen molar-refractivity contribution in [2.45, 2.75) is 6.42 Å². The first kappa shape index (κ1) is 11.2. The second kappa shape index (κ2) is 4.69. The largest absolute Gasteiger partial charge is 0.384 e. The maximum Gasteiger partial charge on any atom is 0.170 e. The van der Waals surface area contributed by atoms with Crippen molar-refractivity contribution < 1.29 is 9.18 Å². The van der Waals surface area contributed by atoms with Crippen LogP contribution < -0.4 is 5.73 Å². The third-order valence-corrected chi connectivity index (χ3v) is 2.28. The van der Waals surface area contributed by atoms with E-state index in [4.69, 9.17) is 5.73 Å². The number of anilines is 1.